The van der Waals surface area contributed by atoms with Crippen LogP contribution in [0.15, 0.2) is 30.3 Å². The summed E-state index contributed by atoms with van der Waals surface area (Å²) in [6.07, 6.45) is 0. The van der Waals surface area contributed by atoms with Gasteiger partial charge < -0.3 is 15.0 Å². The third kappa shape index (κ3) is 5.31. The van der Waals surface area contributed by atoms with Crippen LogP contribution in [0.1, 0.15) is 19.4 Å². The second-order valence-corrected chi connectivity index (χ2v) is 5.44. The van der Waals surface area contributed by atoms with Gasteiger partial charge in [-0.2, -0.15) is 0 Å². The standard InChI is InChI=1S/C16H28N2O/c1-5-17-13-16(2,14-18(3)11-12-19-4)15-9-7-6-8-10-15/h6-10,17H,5,11-14H2,1-4H3. The lowest BCUT2D eigenvalue weighted by Gasteiger charge is -2.34. The highest BCUT2D eigenvalue weighted by molar-refractivity contribution is 5.25. The van der Waals surface area contributed by atoms with Crippen LogP contribution in [0.5, 0.6) is 0 Å². The third-order valence-corrected chi connectivity index (χ3v) is 3.53. The van der Waals surface area contributed by atoms with Crippen LogP contribution in [0.4, 0.5) is 0 Å². The van der Waals surface area contributed by atoms with E-state index in [0.717, 1.165) is 32.8 Å². The van der Waals surface area contributed by atoms with Crippen LogP contribution in [0.25, 0.3) is 0 Å². The van der Waals surface area contributed by atoms with Gasteiger partial charge in [0.1, 0.15) is 0 Å². The zero-order chi connectivity index (χ0) is 14.1. The van der Waals surface area contributed by atoms with Crippen molar-refractivity contribution in [2.45, 2.75) is 19.3 Å². The van der Waals surface area contributed by atoms with Gasteiger partial charge in [-0.05, 0) is 19.2 Å². The predicted octanol–water partition coefficient (Wildman–Crippen LogP) is 2.13. The first-order valence-electron chi connectivity index (χ1n) is 7.06. The molecule has 0 saturated carbocycles. The molecule has 1 aromatic rings. The molecule has 108 valence electrons. The Morgan fingerprint density at radius 2 is 1.95 bits per heavy atom. The molecule has 0 spiro atoms. The summed E-state index contributed by atoms with van der Waals surface area (Å²) >= 11 is 0. The largest absolute Gasteiger partial charge is 0.383 e. The van der Waals surface area contributed by atoms with Gasteiger partial charge in [-0.3, -0.25) is 0 Å². The van der Waals surface area contributed by atoms with Gasteiger partial charge in [0.2, 0.25) is 0 Å². The van der Waals surface area contributed by atoms with Crippen molar-refractivity contribution in [1.82, 2.24) is 10.2 Å². The van der Waals surface area contributed by atoms with Gasteiger partial charge in [-0.25, -0.2) is 0 Å². The number of benzene rings is 1. The Morgan fingerprint density at radius 3 is 2.53 bits per heavy atom. The second kappa shape index (κ2) is 8.31. The highest BCUT2D eigenvalue weighted by atomic mass is 16.5. The van der Waals surface area contributed by atoms with Gasteiger partial charge >= 0.3 is 0 Å². The number of rotatable bonds is 9. The Balaban J connectivity index is 2.75. The summed E-state index contributed by atoms with van der Waals surface area (Å²) in [6, 6.07) is 10.8. The lowest BCUT2D eigenvalue weighted by molar-refractivity contribution is 0.147. The maximum Gasteiger partial charge on any atom is 0.0589 e. The molecule has 0 aromatic heterocycles. The Kier molecular flexibility index (Phi) is 7.06. The molecule has 1 atom stereocenters. The molecule has 19 heavy (non-hydrogen) atoms. The highest BCUT2D eigenvalue weighted by Crippen LogP contribution is 2.24. The van der Waals surface area contributed by atoms with Crippen LogP contribution >= 0.6 is 0 Å². The highest BCUT2D eigenvalue weighted by Gasteiger charge is 2.27. The van der Waals surface area contributed by atoms with Crippen LogP contribution in [0, 0.1) is 0 Å². The van der Waals surface area contributed by atoms with Gasteiger partial charge in [0.15, 0.2) is 0 Å². The maximum absolute atomic E-state index is 5.16. The molecule has 0 saturated heterocycles. The van der Waals surface area contributed by atoms with Crippen molar-refractivity contribution in [2.75, 3.05) is 46.9 Å². The number of hydrogen-bond acceptors (Lipinski definition) is 3. The van der Waals surface area contributed by atoms with E-state index in [4.69, 9.17) is 4.74 Å². The zero-order valence-corrected chi connectivity index (χ0v) is 12.8. The predicted molar refractivity (Wildman–Crippen MR) is 81.7 cm³/mol. The van der Waals surface area contributed by atoms with E-state index in [2.05, 4.69) is 61.4 Å². The van der Waals surface area contributed by atoms with Crippen LogP contribution < -0.4 is 5.32 Å². The molecule has 1 unspecified atom stereocenters. The molecule has 0 aliphatic rings. The Labute approximate surface area is 118 Å². The minimum atomic E-state index is 0.125. The van der Waals surface area contributed by atoms with Gasteiger partial charge in [-0.1, -0.05) is 44.2 Å². The smallest absolute Gasteiger partial charge is 0.0589 e. The van der Waals surface area contributed by atoms with Crippen molar-refractivity contribution >= 4 is 0 Å². The number of likely N-dealkylation sites (N-methyl/N-ethyl adjacent to an activating group) is 2. The quantitative estimate of drug-likeness (QED) is 0.739. The summed E-state index contributed by atoms with van der Waals surface area (Å²) in [7, 11) is 3.91. The molecular weight excluding hydrogens is 236 g/mol. The summed E-state index contributed by atoms with van der Waals surface area (Å²) < 4.78 is 5.16. The van der Waals surface area contributed by atoms with Crippen molar-refractivity contribution in [1.29, 1.82) is 0 Å². The van der Waals surface area contributed by atoms with E-state index < -0.39 is 0 Å². The summed E-state index contributed by atoms with van der Waals surface area (Å²) in [5.74, 6) is 0. The molecule has 0 bridgehead atoms. The van der Waals surface area contributed by atoms with Crippen molar-refractivity contribution in [3.8, 4) is 0 Å². The van der Waals surface area contributed by atoms with Crippen LogP contribution in [-0.4, -0.2) is 51.8 Å². The maximum atomic E-state index is 5.16. The summed E-state index contributed by atoms with van der Waals surface area (Å²) in [5, 5.41) is 3.49. The number of nitrogens with zero attached hydrogens (tertiary/aromatic N) is 1. The molecule has 1 rings (SSSR count). The van der Waals surface area contributed by atoms with E-state index in [1.54, 1.807) is 7.11 Å². The second-order valence-electron chi connectivity index (χ2n) is 5.44. The number of nitrogens with one attached hydrogen (secondary N) is 1. The fraction of sp³-hybridized carbons (Fsp3) is 0.625. The zero-order valence-electron chi connectivity index (χ0n) is 12.8. The minimum Gasteiger partial charge on any atom is -0.383 e. The van der Waals surface area contributed by atoms with Crippen molar-refractivity contribution in [2.24, 2.45) is 0 Å². The summed E-state index contributed by atoms with van der Waals surface area (Å²) in [5.41, 5.74) is 1.51. The van der Waals surface area contributed by atoms with Crippen LogP contribution in [-0.2, 0) is 10.2 Å². The summed E-state index contributed by atoms with van der Waals surface area (Å²) in [4.78, 5) is 2.34. The van der Waals surface area contributed by atoms with Crippen LogP contribution in [0.3, 0.4) is 0 Å². The fourth-order valence-corrected chi connectivity index (χ4v) is 2.41. The first-order chi connectivity index (χ1) is 9.12. The van der Waals surface area contributed by atoms with Gasteiger partial charge in [-0.15, -0.1) is 0 Å². The van der Waals surface area contributed by atoms with Gasteiger partial charge in [0.05, 0.1) is 6.61 Å². The van der Waals surface area contributed by atoms with E-state index in [1.165, 1.54) is 5.56 Å². The molecule has 1 N–H and O–H groups in total. The summed E-state index contributed by atoms with van der Waals surface area (Å²) in [6.45, 7) is 9.24. The Bertz CT molecular complexity index is 342. The van der Waals surface area contributed by atoms with Crippen molar-refractivity contribution in [3.05, 3.63) is 35.9 Å². The molecule has 0 radical (unpaired) electrons. The average molecular weight is 264 g/mol. The average Bonchev–Trinajstić information content (AvgIpc) is 2.44. The van der Waals surface area contributed by atoms with Gasteiger partial charge in [0.25, 0.3) is 0 Å². The van der Waals surface area contributed by atoms with E-state index in [-0.39, 0.29) is 5.41 Å². The van der Waals surface area contributed by atoms with Crippen LogP contribution in [0.2, 0.25) is 0 Å². The SMILES string of the molecule is CCNCC(C)(CN(C)CCOC)c1ccccc1. The van der Waals surface area contributed by atoms with Gasteiger partial charge in [0, 0.05) is 32.2 Å². The first kappa shape index (κ1) is 16.2. The molecule has 3 nitrogen and oxygen atoms in total. The number of ether oxygens (including phenoxy) is 1. The molecular formula is C16H28N2O. The van der Waals surface area contributed by atoms with E-state index in [9.17, 15) is 0 Å². The third-order valence-electron chi connectivity index (χ3n) is 3.53. The first-order valence-corrected chi connectivity index (χ1v) is 7.06. The molecule has 0 heterocycles. The fourth-order valence-electron chi connectivity index (χ4n) is 2.41. The lowest BCUT2D eigenvalue weighted by atomic mass is 9.81. The van der Waals surface area contributed by atoms with E-state index in [1.807, 2.05) is 0 Å². The number of methoxy groups -OCH3 is 1. The number of hydrogen-bond donors (Lipinski definition) is 1. The normalized spacial score (nSPS) is 14.6. The van der Waals surface area contributed by atoms with E-state index in [0.29, 0.717) is 0 Å². The molecule has 1 aromatic carbocycles. The Morgan fingerprint density at radius 1 is 1.26 bits per heavy atom. The molecule has 0 amide bonds. The monoisotopic (exact) mass is 264 g/mol. The van der Waals surface area contributed by atoms with E-state index >= 15 is 0 Å². The van der Waals surface area contributed by atoms with Crippen molar-refractivity contribution < 1.29 is 4.74 Å². The lowest BCUT2D eigenvalue weighted by Crippen LogP contribution is -2.45. The molecule has 0 aliphatic carbocycles. The molecule has 0 aliphatic heterocycles. The molecule has 3 heteroatoms. The topological polar surface area (TPSA) is 24.5 Å². The Hall–Kier alpha value is -0.900. The van der Waals surface area contributed by atoms with Crippen molar-refractivity contribution in [3.63, 3.8) is 0 Å². The molecule has 0 fully saturated rings. The minimum absolute atomic E-state index is 0.125.